The summed E-state index contributed by atoms with van der Waals surface area (Å²) in [5.41, 5.74) is -0.209. The van der Waals surface area contributed by atoms with Crippen LogP contribution >= 0.6 is 46.4 Å². The largest absolute Gasteiger partial charge is 0.508 e. The Morgan fingerprint density at radius 1 is 0.724 bits per heavy atom. The fourth-order valence-corrected chi connectivity index (χ4v) is 5.27. The molecule has 0 saturated carbocycles. The third-order valence-electron chi connectivity index (χ3n) is 4.38. The first-order valence-corrected chi connectivity index (χ1v) is 10.8. The molecule has 152 valence electrons. The molecular weight excluding hydrogens is 482 g/mol. The molecule has 0 spiro atoms. The number of aromatic hydroxyl groups is 2. The topological polar surface area (TPSA) is 94.8 Å². The fourth-order valence-electron chi connectivity index (χ4n) is 3.16. The normalized spacial score (nSPS) is 13.8. The zero-order chi connectivity index (χ0) is 21.6. The van der Waals surface area contributed by atoms with Crippen LogP contribution in [0.4, 0.5) is 0 Å². The summed E-state index contributed by atoms with van der Waals surface area (Å²) in [5.74, 6) is -0.633. The van der Waals surface area contributed by atoms with Crippen LogP contribution in [0.2, 0.25) is 20.1 Å². The van der Waals surface area contributed by atoms with E-state index >= 15 is 0 Å². The maximum Gasteiger partial charge on any atom is 0.283 e. The summed E-state index contributed by atoms with van der Waals surface area (Å²) in [6.07, 6.45) is 0. The van der Waals surface area contributed by atoms with E-state index in [0.29, 0.717) is 0 Å². The van der Waals surface area contributed by atoms with Gasteiger partial charge in [0.15, 0.2) is 4.75 Å². The van der Waals surface area contributed by atoms with E-state index in [1.807, 2.05) is 0 Å². The third-order valence-corrected chi connectivity index (χ3v) is 7.20. The van der Waals surface area contributed by atoms with Gasteiger partial charge in [-0.05, 0) is 41.5 Å². The highest BCUT2D eigenvalue weighted by Crippen LogP contribution is 2.49. The Morgan fingerprint density at radius 3 is 1.97 bits per heavy atom. The molecule has 3 aromatic carbocycles. The SMILES string of the molecule is O=S(=O)(O)C(c1cccc(O)c1)(c1ccc(Cl)c(Cl)c1)c1cc(Cl)c(O)cc1Cl. The molecule has 0 radical (unpaired) electrons. The van der Waals surface area contributed by atoms with Crippen molar-refractivity contribution in [2.75, 3.05) is 0 Å². The number of phenolic OH excluding ortho intramolecular Hbond substituents is 2. The van der Waals surface area contributed by atoms with Crippen molar-refractivity contribution in [2.45, 2.75) is 4.75 Å². The van der Waals surface area contributed by atoms with E-state index in [0.717, 1.165) is 18.2 Å². The Kier molecular flexibility index (Phi) is 5.98. The van der Waals surface area contributed by atoms with E-state index < -0.39 is 14.9 Å². The predicted molar refractivity (Wildman–Crippen MR) is 114 cm³/mol. The van der Waals surface area contributed by atoms with E-state index in [1.165, 1.54) is 36.4 Å². The molecule has 0 heterocycles. The Bertz CT molecular complexity index is 1210. The highest BCUT2D eigenvalue weighted by molar-refractivity contribution is 7.87. The molecule has 0 amide bonds. The van der Waals surface area contributed by atoms with Crippen LogP contribution in [-0.4, -0.2) is 23.2 Å². The maximum absolute atomic E-state index is 12.9. The number of benzene rings is 3. The number of halogens is 4. The lowest BCUT2D eigenvalue weighted by molar-refractivity contribution is 0.455. The van der Waals surface area contributed by atoms with Gasteiger partial charge in [-0.3, -0.25) is 4.55 Å². The van der Waals surface area contributed by atoms with Crippen molar-refractivity contribution in [3.05, 3.63) is 91.4 Å². The molecule has 0 aliphatic heterocycles. The molecular formula is C19H12Cl4O5S. The molecule has 3 N–H and O–H groups in total. The average molecular weight is 494 g/mol. The monoisotopic (exact) mass is 492 g/mol. The van der Waals surface area contributed by atoms with Crippen LogP contribution in [0.1, 0.15) is 16.7 Å². The van der Waals surface area contributed by atoms with Crippen LogP contribution in [0.5, 0.6) is 11.5 Å². The van der Waals surface area contributed by atoms with Crippen LogP contribution in [-0.2, 0) is 14.9 Å². The number of hydrogen-bond donors (Lipinski definition) is 3. The van der Waals surface area contributed by atoms with Gasteiger partial charge in [0.2, 0.25) is 0 Å². The van der Waals surface area contributed by atoms with Gasteiger partial charge >= 0.3 is 0 Å². The number of phenols is 2. The summed E-state index contributed by atoms with van der Waals surface area (Å²) >= 11 is 24.4. The maximum atomic E-state index is 12.9. The Balaban J connectivity index is 2.58. The number of hydrogen-bond acceptors (Lipinski definition) is 4. The minimum atomic E-state index is -5.02. The molecule has 0 fully saturated rings. The highest BCUT2D eigenvalue weighted by atomic mass is 35.5. The molecule has 1 atom stereocenters. The zero-order valence-corrected chi connectivity index (χ0v) is 18.1. The quantitative estimate of drug-likeness (QED) is 0.311. The van der Waals surface area contributed by atoms with E-state index in [9.17, 15) is 23.2 Å². The summed E-state index contributed by atoms with van der Waals surface area (Å²) in [5, 5.41) is 19.6. The van der Waals surface area contributed by atoms with Crippen molar-refractivity contribution >= 4 is 56.5 Å². The molecule has 10 heteroatoms. The van der Waals surface area contributed by atoms with Gasteiger partial charge < -0.3 is 10.2 Å². The van der Waals surface area contributed by atoms with Gasteiger partial charge in [0.25, 0.3) is 10.1 Å². The molecule has 0 aliphatic rings. The minimum Gasteiger partial charge on any atom is -0.508 e. The average Bonchev–Trinajstić information content (AvgIpc) is 2.62. The molecule has 0 aliphatic carbocycles. The summed E-state index contributed by atoms with van der Waals surface area (Å²) < 4.78 is 34.0. The standard InChI is InChI=1S/C19H12Cl4O5S/c20-14-5-4-11(7-16(14)22)19(29(26,27)28,10-2-1-3-12(24)6-10)13-8-17(23)18(25)9-15(13)21/h1-9,24-25H,(H,26,27,28). The van der Waals surface area contributed by atoms with Gasteiger partial charge in [-0.25, -0.2) is 0 Å². The second kappa shape index (κ2) is 7.87. The Labute approximate surface area is 186 Å². The summed E-state index contributed by atoms with van der Waals surface area (Å²) in [7, 11) is -5.02. The molecule has 3 rings (SSSR count). The van der Waals surface area contributed by atoms with Crippen LogP contribution in [0.3, 0.4) is 0 Å². The van der Waals surface area contributed by atoms with Crippen molar-refractivity contribution in [1.29, 1.82) is 0 Å². The van der Waals surface area contributed by atoms with Gasteiger partial charge in [-0.1, -0.05) is 64.6 Å². The summed E-state index contributed by atoms with van der Waals surface area (Å²) in [6.45, 7) is 0. The van der Waals surface area contributed by atoms with Crippen LogP contribution in [0, 0.1) is 0 Å². The first kappa shape index (κ1) is 22.0. The second-order valence-electron chi connectivity index (χ2n) is 6.12. The van der Waals surface area contributed by atoms with Crippen molar-refractivity contribution in [3.63, 3.8) is 0 Å². The van der Waals surface area contributed by atoms with Crippen molar-refractivity contribution in [3.8, 4) is 11.5 Å². The smallest absolute Gasteiger partial charge is 0.283 e. The fraction of sp³-hybridized carbons (Fsp3) is 0.0526. The lowest BCUT2D eigenvalue weighted by atomic mass is 9.83. The summed E-state index contributed by atoms with van der Waals surface area (Å²) in [6, 6.07) is 11.4. The van der Waals surface area contributed by atoms with Crippen molar-refractivity contribution in [1.82, 2.24) is 0 Å². The van der Waals surface area contributed by atoms with Crippen molar-refractivity contribution in [2.24, 2.45) is 0 Å². The van der Waals surface area contributed by atoms with Gasteiger partial charge in [0, 0.05) is 16.7 Å². The van der Waals surface area contributed by atoms with Crippen LogP contribution in [0.25, 0.3) is 0 Å². The first-order valence-electron chi connectivity index (χ1n) is 7.89. The minimum absolute atomic E-state index is 0.0105. The first-order chi connectivity index (χ1) is 13.5. The van der Waals surface area contributed by atoms with Gasteiger partial charge in [-0.2, -0.15) is 8.42 Å². The van der Waals surface area contributed by atoms with E-state index in [4.69, 9.17) is 46.4 Å². The molecule has 29 heavy (non-hydrogen) atoms. The van der Waals surface area contributed by atoms with Gasteiger partial charge in [0.05, 0.1) is 15.1 Å². The molecule has 5 nitrogen and oxygen atoms in total. The second-order valence-corrected chi connectivity index (χ2v) is 9.31. The lowest BCUT2D eigenvalue weighted by Crippen LogP contribution is -2.38. The van der Waals surface area contributed by atoms with Crippen molar-refractivity contribution < 1.29 is 23.2 Å². The predicted octanol–water partition coefficient (Wildman–Crippen LogP) is 5.89. The molecule has 0 bridgehead atoms. The lowest BCUT2D eigenvalue weighted by Gasteiger charge is -2.33. The number of rotatable bonds is 4. The molecule has 3 aromatic rings. The molecule has 1 unspecified atom stereocenters. The van der Waals surface area contributed by atoms with E-state index in [-0.39, 0.29) is 48.3 Å². The van der Waals surface area contributed by atoms with Crippen LogP contribution < -0.4 is 0 Å². The molecule has 0 saturated heterocycles. The van der Waals surface area contributed by atoms with Gasteiger partial charge in [0.1, 0.15) is 11.5 Å². The van der Waals surface area contributed by atoms with E-state index in [1.54, 1.807) is 0 Å². The highest BCUT2D eigenvalue weighted by Gasteiger charge is 2.50. The summed E-state index contributed by atoms with van der Waals surface area (Å²) in [4.78, 5) is 0. The van der Waals surface area contributed by atoms with E-state index in [2.05, 4.69) is 0 Å². The zero-order valence-electron chi connectivity index (χ0n) is 14.3. The Hall–Kier alpha value is -1.67. The third kappa shape index (κ3) is 3.77. The van der Waals surface area contributed by atoms with Gasteiger partial charge in [-0.15, -0.1) is 0 Å². The van der Waals surface area contributed by atoms with Crippen LogP contribution in [0.15, 0.2) is 54.6 Å². The molecule has 0 aromatic heterocycles. The Morgan fingerprint density at radius 2 is 1.38 bits per heavy atom.